The van der Waals surface area contributed by atoms with Crippen LogP contribution in [0.25, 0.3) is 21.7 Å². The summed E-state index contributed by atoms with van der Waals surface area (Å²) in [5.74, 6) is -21.8. The van der Waals surface area contributed by atoms with Crippen molar-refractivity contribution in [2.24, 2.45) is 28.7 Å². The summed E-state index contributed by atoms with van der Waals surface area (Å²) in [4.78, 5) is 253. The lowest BCUT2D eigenvalue weighted by atomic mass is 9.97. The topological polar surface area (TPSA) is 695 Å². The maximum atomic E-state index is 15.4. The number of hydrogen-bond acceptors (Lipinski definition) is 21. The molecular formula is C76H101N21O21. The highest BCUT2D eigenvalue weighted by Crippen LogP contribution is 2.22. The lowest BCUT2D eigenvalue weighted by Gasteiger charge is -2.31. The van der Waals surface area contributed by atoms with Crippen molar-refractivity contribution in [2.75, 3.05) is 20.2 Å². The van der Waals surface area contributed by atoms with Gasteiger partial charge in [-0.3, -0.25) is 86.9 Å². The van der Waals surface area contributed by atoms with Crippen molar-refractivity contribution in [2.45, 2.75) is 189 Å². The number of carbonyl (C=O) groups excluding carboxylic acids is 17. The van der Waals surface area contributed by atoms with Gasteiger partial charge in [0.25, 0.3) is 0 Å². The number of benzene rings is 4. The Hall–Kier alpha value is -13.8. The van der Waals surface area contributed by atoms with Crippen molar-refractivity contribution in [3.05, 3.63) is 114 Å². The van der Waals surface area contributed by atoms with Gasteiger partial charge in [-0.15, -0.1) is 0 Å². The number of methoxy groups -OCH3 is 1. The lowest BCUT2D eigenvalue weighted by Crippen LogP contribution is -2.64. The number of aliphatic hydroxyl groups is 1. The molecule has 2 heterocycles. The third-order valence-corrected chi connectivity index (χ3v) is 18.6. The molecule has 1 aliphatic heterocycles. The molecule has 1 aliphatic rings. The van der Waals surface area contributed by atoms with Crippen LogP contribution in [-0.2, 0) is 106 Å². The number of aliphatic hydroxyl groups excluding tert-OH is 1. The molecular weight excluding hydrogens is 1540 g/mol. The van der Waals surface area contributed by atoms with Gasteiger partial charge in [-0.25, -0.2) is 4.79 Å². The van der Waals surface area contributed by atoms with E-state index in [0.29, 0.717) is 38.7 Å². The summed E-state index contributed by atoms with van der Waals surface area (Å²) < 4.78 is 5.37. The fraction of sp³-hybridized carbons (Fsp3) is 0.434. The highest BCUT2D eigenvalue weighted by molar-refractivity contribution is 6.03. The number of primary amides is 4. The Morgan fingerprint density at radius 1 is 0.602 bits per heavy atom. The van der Waals surface area contributed by atoms with Gasteiger partial charge in [0.05, 0.1) is 38.9 Å². The number of carbonyl (C=O) groups is 18. The van der Waals surface area contributed by atoms with E-state index in [1.165, 1.54) is 27.2 Å². The van der Waals surface area contributed by atoms with E-state index in [0.717, 1.165) is 19.2 Å². The molecule has 12 atom stereocenters. The van der Waals surface area contributed by atoms with Crippen LogP contribution in [0, 0.1) is 5.41 Å². The molecule has 118 heavy (non-hydrogen) atoms. The minimum absolute atomic E-state index is 0.0544. The number of hydrogen-bond donors (Lipinski definition) is 23. The monoisotopic (exact) mass is 1640 g/mol. The first kappa shape index (κ1) is 93.0. The van der Waals surface area contributed by atoms with Crippen molar-refractivity contribution in [3.8, 4) is 5.75 Å². The normalized spacial score (nSPS) is 21.4. The van der Waals surface area contributed by atoms with Crippen LogP contribution in [0.5, 0.6) is 5.75 Å². The van der Waals surface area contributed by atoms with E-state index in [2.05, 4.69) is 74.1 Å². The molecule has 0 spiro atoms. The van der Waals surface area contributed by atoms with Gasteiger partial charge in [-0.1, -0.05) is 72.8 Å². The molecule has 42 nitrogen and oxygen atoms in total. The van der Waals surface area contributed by atoms with Crippen LogP contribution in [-0.4, -0.2) is 226 Å². The Balaban J connectivity index is 1.51. The number of carboxylic acid groups (broad SMARTS) is 1. The van der Waals surface area contributed by atoms with E-state index in [1.807, 2.05) is 11.4 Å². The molecule has 6 rings (SSSR count). The fourth-order valence-corrected chi connectivity index (χ4v) is 12.5. The second-order valence-corrected chi connectivity index (χ2v) is 28.6. The first-order chi connectivity index (χ1) is 55.7. The molecule has 0 radical (unpaired) electrons. The maximum Gasteiger partial charge on any atom is 0.326 e. The zero-order valence-corrected chi connectivity index (χ0v) is 65.3. The predicted octanol–water partition coefficient (Wildman–Crippen LogP) is -6.47. The number of carboxylic acids is 1. The van der Waals surface area contributed by atoms with Crippen LogP contribution >= 0.6 is 0 Å². The highest BCUT2D eigenvalue weighted by atomic mass is 16.5. The summed E-state index contributed by atoms with van der Waals surface area (Å²) in [6.45, 7) is 3.82. The Labute approximate surface area is 675 Å². The van der Waals surface area contributed by atoms with E-state index >= 15 is 24.0 Å². The standard InChI is InChI=1S/C76H101N21O21/c1-37(98)62-72(114)93-52(31-43-36-85-46-15-9-8-14-45(43)46)67(109)88-49(24-25-57(77)100)65(107)87-47(16-11-27-84-75(81)82)63(105)89-50(29-39-19-22-44(118-5)23-20-39)66(108)90-51(30-40-18-21-41-12-6-7-13-42(41)28-40)71(113)97-76(3,4)74(117)95-48(64(106)91-53(32-58(78)101)68(110)94-56(73(115)116)34-60(80)103)17-10-26-83-61(104)35-55(86-38(2)99)69(111)92-54(33-59(79)102)70(112)96-62/h6-9,12-15,18-23,28,36-37,47-56,62,85,98H,10-11,16-17,24-27,29-35H2,1-5H3,(H2,77,100)(H2,78,101)(H2,79,102)(H2,80,103)(H,83,104)(H,86,99)(H,87,107)(H,88,109)(H,89,105)(H,90,108)(H,91,106)(H,92,111)(H,93,114)(H,94,110)(H,95,117)(H,96,112)(H,97,113)(H,115,116)(H4,81,82,84)/t37-,47+,48?,49+,50+,51+,52+,53+,54+,55+,56+,62+/m1/s1. The fourth-order valence-electron chi connectivity index (χ4n) is 12.5. The molecule has 28 N–H and O–H groups in total. The summed E-state index contributed by atoms with van der Waals surface area (Å²) in [6, 6.07) is 4.54. The van der Waals surface area contributed by atoms with Gasteiger partial charge in [0.2, 0.25) is 100 Å². The molecule has 42 heteroatoms. The van der Waals surface area contributed by atoms with E-state index in [-0.39, 0.29) is 38.6 Å². The Morgan fingerprint density at radius 3 is 1.75 bits per heavy atom. The van der Waals surface area contributed by atoms with E-state index in [4.69, 9.17) is 38.8 Å². The van der Waals surface area contributed by atoms with Gasteiger partial charge in [0.15, 0.2) is 5.96 Å². The van der Waals surface area contributed by atoms with E-state index < -0.39 is 248 Å². The smallest absolute Gasteiger partial charge is 0.326 e. The van der Waals surface area contributed by atoms with Gasteiger partial charge < -0.3 is 123 Å². The second-order valence-electron chi connectivity index (χ2n) is 28.6. The van der Waals surface area contributed by atoms with Gasteiger partial charge in [0, 0.05) is 62.8 Å². The van der Waals surface area contributed by atoms with Crippen LogP contribution in [0.15, 0.2) is 97.2 Å². The number of amides is 17. The average Bonchev–Trinajstić information content (AvgIpc) is 1.68. The van der Waals surface area contributed by atoms with Gasteiger partial charge >= 0.3 is 5.97 Å². The largest absolute Gasteiger partial charge is 0.497 e. The number of ether oxygens (including phenoxy) is 1. The van der Waals surface area contributed by atoms with E-state index in [1.54, 1.807) is 84.9 Å². The number of aromatic nitrogens is 1. The quantitative estimate of drug-likeness (QED) is 0.0132. The number of fused-ring (bicyclic) bond motifs is 2. The average molecular weight is 1640 g/mol. The molecule has 636 valence electrons. The zero-order valence-electron chi connectivity index (χ0n) is 65.3. The third kappa shape index (κ3) is 29.5. The Morgan fingerprint density at radius 2 is 1.15 bits per heavy atom. The summed E-state index contributed by atoms with van der Waals surface area (Å²) in [5.41, 5.74) is 27.0. The van der Waals surface area contributed by atoms with Crippen LogP contribution in [0.4, 0.5) is 0 Å². The van der Waals surface area contributed by atoms with Gasteiger partial charge in [-0.2, -0.15) is 0 Å². The second kappa shape index (κ2) is 44.2. The maximum absolute atomic E-state index is 15.4. The molecule has 1 unspecified atom stereocenters. The van der Waals surface area contributed by atoms with Crippen molar-refractivity contribution >= 4 is 134 Å². The van der Waals surface area contributed by atoms with Crippen molar-refractivity contribution < 1.29 is 101 Å². The van der Waals surface area contributed by atoms with Crippen molar-refractivity contribution in [1.82, 2.24) is 79.4 Å². The molecule has 17 amide bonds. The molecule has 0 aliphatic carbocycles. The number of aromatic amines is 1. The molecule has 1 saturated heterocycles. The number of para-hydroxylation sites is 1. The lowest BCUT2D eigenvalue weighted by molar-refractivity contribution is -0.144. The predicted molar refractivity (Wildman–Crippen MR) is 421 cm³/mol. The van der Waals surface area contributed by atoms with Crippen LogP contribution in [0.1, 0.15) is 109 Å². The number of H-pyrrole nitrogens is 1. The molecule has 5 aromatic rings. The summed E-state index contributed by atoms with van der Waals surface area (Å²) >= 11 is 0. The first-order valence-electron chi connectivity index (χ1n) is 37.4. The SMILES string of the molecule is COc1ccc(C[C@@H]2NC(=O)[C@H](CCCNC(=N)N)NC(=O)[C@H](CCC(N)=O)NC(=O)[C@H](Cc3c[nH]c4ccccc34)NC(=O)[C@H]([C@@H](C)O)NC(=O)[C@H](CC(N)=O)NC(=O)[C@@H](NC(C)=O)CC(=O)NCCCC(C(=O)N[C@@H](CC(N)=O)C(=O)N[C@@H](CC(N)=O)C(=O)O)NC(=O)C(C)(C)NC(=O)[C@H](Cc3ccc4ccccc4c3)NC2=O)cc1. The number of rotatable bonds is 27. The van der Waals surface area contributed by atoms with Crippen LogP contribution < -0.4 is 108 Å². The number of nitrogens with two attached hydrogens (primary N) is 5. The molecule has 1 aromatic heterocycles. The number of guanidine groups is 1. The number of aliphatic carboxylic acids is 1. The molecule has 0 saturated carbocycles. The van der Waals surface area contributed by atoms with Gasteiger partial charge in [0.1, 0.15) is 77.7 Å². The Bertz CT molecular complexity index is 4570. The van der Waals surface area contributed by atoms with Crippen molar-refractivity contribution in [1.29, 1.82) is 5.41 Å². The van der Waals surface area contributed by atoms with E-state index in [9.17, 15) is 72.5 Å². The highest BCUT2D eigenvalue weighted by Gasteiger charge is 2.41. The number of nitrogens with one attached hydrogen (secondary N) is 16. The molecule has 4 aromatic carbocycles. The molecule has 1 fully saturated rings. The first-order valence-corrected chi connectivity index (χ1v) is 37.4. The minimum atomic E-state index is -2.16. The molecule has 0 bridgehead atoms. The van der Waals surface area contributed by atoms with Gasteiger partial charge in [-0.05, 0) is 98.5 Å². The summed E-state index contributed by atoms with van der Waals surface area (Å²) in [5, 5.41) is 64.8. The third-order valence-electron chi connectivity index (χ3n) is 18.6. The minimum Gasteiger partial charge on any atom is -0.497 e. The summed E-state index contributed by atoms with van der Waals surface area (Å²) in [7, 11) is 1.40. The zero-order chi connectivity index (χ0) is 87.3. The summed E-state index contributed by atoms with van der Waals surface area (Å²) in [6.07, 6.45) is -7.88. The Kier molecular flexibility index (Phi) is 34.8. The van der Waals surface area contributed by atoms with Crippen LogP contribution in [0.2, 0.25) is 0 Å². The van der Waals surface area contributed by atoms with Crippen molar-refractivity contribution in [3.63, 3.8) is 0 Å². The van der Waals surface area contributed by atoms with Crippen LogP contribution in [0.3, 0.4) is 0 Å².